The number of hydrogen-bond acceptors (Lipinski definition) is 5. The summed E-state index contributed by atoms with van der Waals surface area (Å²) in [6, 6.07) is 0. The first-order chi connectivity index (χ1) is 9.70. The summed E-state index contributed by atoms with van der Waals surface area (Å²) in [5, 5.41) is 1.86. The van der Waals surface area contributed by atoms with Gasteiger partial charge in [-0.15, -0.1) is 11.3 Å². The van der Waals surface area contributed by atoms with Gasteiger partial charge in [0.15, 0.2) is 0 Å². The Balaban J connectivity index is 2.06. The van der Waals surface area contributed by atoms with Gasteiger partial charge in [-0.3, -0.25) is 4.79 Å². The van der Waals surface area contributed by atoms with Gasteiger partial charge in [-0.2, -0.15) is 0 Å². The predicted octanol–water partition coefficient (Wildman–Crippen LogP) is 2.93. The summed E-state index contributed by atoms with van der Waals surface area (Å²) in [7, 11) is 0. The number of aromatic nitrogens is 2. The molecule has 1 aliphatic carbocycles. The van der Waals surface area contributed by atoms with E-state index in [0.717, 1.165) is 34.5 Å². The van der Waals surface area contributed by atoms with E-state index in [1.807, 2.05) is 6.92 Å². The minimum absolute atomic E-state index is 0.216. The maximum atomic E-state index is 11.5. The molecule has 1 amide bonds. The summed E-state index contributed by atoms with van der Waals surface area (Å²) in [6.07, 6.45) is 7.05. The van der Waals surface area contributed by atoms with E-state index in [1.54, 1.807) is 17.7 Å². The van der Waals surface area contributed by atoms with Gasteiger partial charge in [-0.1, -0.05) is 18.7 Å². The van der Waals surface area contributed by atoms with E-state index in [1.165, 1.54) is 35.0 Å². The van der Waals surface area contributed by atoms with Gasteiger partial charge >= 0.3 is 0 Å². The molecule has 0 saturated heterocycles. The molecule has 3 rings (SSSR count). The molecule has 0 aliphatic heterocycles. The van der Waals surface area contributed by atoms with Crippen LogP contribution < -0.4 is 5.73 Å². The maximum Gasteiger partial charge on any atom is 0.230 e. The van der Waals surface area contributed by atoms with Gasteiger partial charge in [0, 0.05) is 10.3 Å². The van der Waals surface area contributed by atoms with E-state index < -0.39 is 0 Å². The number of primary amides is 1. The van der Waals surface area contributed by atoms with Crippen molar-refractivity contribution in [3.63, 3.8) is 0 Å². The smallest absolute Gasteiger partial charge is 0.230 e. The molecule has 0 radical (unpaired) electrons. The summed E-state index contributed by atoms with van der Waals surface area (Å²) in [5.74, 6) is -0.270. The van der Waals surface area contributed by atoms with Crippen molar-refractivity contribution in [3.05, 3.63) is 16.8 Å². The molecule has 20 heavy (non-hydrogen) atoms. The highest BCUT2D eigenvalue weighted by Gasteiger charge is 2.23. The molecule has 2 aromatic heterocycles. The summed E-state index contributed by atoms with van der Waals surface area (Å²) < 4.78 is 0. The third-order valence-electron chi connectivity index (χ3n) is 3.66. The summed E-state index contributed by atoms with van der Waals surface area (Å²) in [6.45, 7) is 1.98. The first-order valence-corrected chi connectivity index (χ1v) is 8.61. The number of carbonyl (C=O) groups excluding carboxylic acids is 1. The van der Waals surface area contributed by atoms with Crippen molar-refractivity contribution < 1.29 is 4.79 Å². The quantitative estimate of drug-likeness (QED) is 0.696. The maximum absolute atomic E-state index is 11.5. The fraction of sp³-hybridized carbons (Fsp3) is 0.500. The second-order valence-corrected chi connectivity index (χ2v) is 7.26. The number of amides is 1. The largest absolute Gasteiger partial charge is 0.369 e. The molecular weight excluding hydrogens is 290 g/mol. The zero-order valence-corrected chi connectivity index (χ0v) is 13.0. The van der Waals surface area contributed by atoms with Crippen LogP contribution in [0.15, 0.2) is 11.4 Å². The van der Waals surface area contributed by atoms with E-state index in [0.29, 0.717) is 0 Å². The second kappa shape index (κ2) is 5.69. The van der Waals surface area contributed by atoms with Crippen molar-refractivity contribution in [2.45, 2.75) is 49.3 Å². The zero-order valence-electron chi connectivity index (χ0n) is 11.4. The lowest BCUT2D eigenvalue weighted by Gasteiger charge is -2.13. The van der Waals surface area contributed by atoms with E-state index >= 15 is 0 Å². The minimum atomic E-state index is -0.270. The molecule has 6 heteroatoms. The third-order valence-corrected chi connectivity index (χ3v) is 6.24. The van der Waals surface area contributed by atoms with Crippen LogP contribution in [-0.2, 0) is 17.6 Å². The average molecular weight is 307 g/mol. The molecule has 106 valence electrons. The summed E-state index contributed by atoms with van der Waals surface area (Å²) >= 11 is 3.26. The Kier molecular flexibility index (Phi) is 3.94. The topological polar surface area (TPSA) is 68.9 Å². The number of thioether (sulfide) groups is 1. The Morgan fingerprint density at radius 3 is 3.00 bits per heavy atom. The Morgan fingerprint density at radius 2 is 2.25 bits per heavy atom. The predicted molar refractivity (Wildman–Crippen MR) is 83.2 cm³/mol. The molecule has 1 atom stereocenters. The first-order valence-electron chi connectivity index (χ1n) is 6.92. The van der Waals surface area contributed by atoms with Crippen LogP contribution in [0.5, 0.6) is 0 Å². The van der Waals surface area contributed by atoms with Crippen molar-refractivity contribution in [1.82, 2.24) is 9.97 Å². The number of nitrogens with zero attached hydrogens (tertiary/aromatic N) is 2. The zero-order chi connectivity index (χ0) is 14.1. The van der Waals surface area contributed by atoms with Crippen molar-refractivity contribution in [2.75, 3.05) is 0 Å². The first kappa shape index (κ1) is 13.8. The molecule has 0 aromatic carbocycles. The lowest BCUT2D eigenvalue weighted by atomic mass is 9.97. The van der Waals surface area contributed by atoms with Crippen LogP contribution >= 0.6 is 23.1 Å². The summed E-state index contributed by atoms with van der Waals surface area (Å²) in [4.78, 5) is 22.8. The van der Waals surface area contributed by atoms with Crippen molar-refractivity contribution in [2.24, 2.45) is 5.73 Å². The highest BCUT2D eigenvalue weighted by molar-refractivity contribution is 8.00. The molecule has 2 heterocycles. The van der Waals surface area contributed by atoms with Crippen LogP contribution in [0.25, 0.3) is 10.2 Å². The second-order valence-electron chi connectivity index (χ2n) is 4.99. The number of thiophene rings is 1. The number of fused-ring (bicyclic) bond motifs is 3. The highest BCUT2D eigenvalue weighted by atomic mass is 32.2. The molecule has 1 aliphatic rings. The van der Waals surface area contributed by atoms with Gasteiger partial charge in [-0.05, 0) is 37.7 Å². The van der Waals surface area contributed by atoms with Gasteiger partial charge in [-0.25, -0.2) is 9.97 Å². The van der Waals surface area contributed by atoms with E-state index in [4.69, 9.17) is 5.73 Å². The van der Waals surface area contributed by atoms with Crippen LogP contribution in [0.2, 0.25) is 0 Å². The van der Waals surface area contributed by atoms with Gasteiger partial charge < -0.3 is 5.73 Å². The Hall–Kier alpha value is -1.14. The standard InChI is InChI=1S/C14H17N3OS2/c1-2-9(12(15)18)19-13-11-8-5-3-4-6-10(8)20-14(11)17-7-16-13/h7,9H,2-6H2,1H3,(H2,15,18). The lowest BCUT2D eigenvalue weighted by molar-refractivity contribution is -0.117. The van der Waals surface area contributed by atoms with Crippen molar-refractivity contribution >= 4 is 39.2 Å². The van der Waals surface area contributed by atoms with E-state index in [-0.39, 0.29) is 11.2 Å². The molecule has 0 bridgehead atoms. The Morgan fingerprint density at radius 1 is 1.45 bits per heavy atom. The molecular formula is C14H17N3OS2. The molecule has 0 spiro atoms. The third kappa shape index (κ3) is 2.42. The molecule has 0 saturated carbocycles. The van der Waals surface area contributed by atoms with Gasteiger partial charge in [0.1, 0.15) is 16.2 Å². The van der Waals surface area contributed by atoms with E-state index in [9.17, 15) is 4.79 Å². The number of aryl methyl sites for hydroxylation is 2. The monoisotopic (exact) mass is 307 g/mol. The normalized spacial score (nSPS) is 16.1. The van der Waals surface area contributed by atoms with Crippen LogP contribution in [-0.4, -0.2) is 21.1 Å². The molecule has 2 N–H and O–H groups in total. The average Bonchev–Trinajstić information content (AvgIpc) is 2.83. The van der Waals surface area contributed by atoms with Crippen LogP contribution in [0.3, 0.4) is 0 Å². The number of nitrogens with two attached hydrogens (primary N) is 1. The highest BCUT2D eigenvalue weighted by Crippen LogP contribution is 2.40. The van der Waals surface area contributed by atoms with Crippen LogP contribution in [0, 0.1) is 0 Å². The van der Waals surface area contributed by atoms with Crippen molar-refractivity contribution in [3.8, 4) is 0 Å². The fourth-order valence-corrected chi connectivity index (χ4v) is 4.92. The molecule has 4 nitrogen and oxygen atoms in total. The summed E-state index contributed by atoms with van der Waals surface area (Å²) in [5.41, 5.74) is 6.85. The fourth-order valence-electron chi connectivity index (χ4n) is 2.63. The van der Waals surface area contributed by atoms with E-state index in [2.05, 4.69) is 9.97 Å². The Labute approximate surface area is 126 Å². The number of rotatable bonds is 4. The number of carbonyl (C=O) groups is 1. The lowest BCUT2D eigenvalue weighted by Crippen LogP contribution is -2.25. The van der Waals surface area contributed by atoms with Crippen molar-refractivity contribution in [1.29, 1.82) is 0 Å². The molecule has 1 unspecified atom stereocenters. The van der Waals surface area contributed by atoms with Gasteiger partial charge in [0.2, 0.25) is 5.91 Å². The van der Waals surface area contributed by atoms with Crippen LogP contribution in [0.4, 0.5) is 0 Å². The van der Waals surface area contributed by atoms with Gasteiger partial charge in [0.05, 0.1) is 5.25 Å². The minimum Gasteiger partial charge on any atom is -0.369 e. The van der Waals surface area contributed by atoms with Crippen LogP contribution in [0.1, 0.15) is 36.6 Å². The van der Waals surface area contributed by atoms with Gasteiger partial charge in [0.25, 0.3) is 0 Å². The molecule has 0 fully saturated rings. The number of hydrogen-bond donors (Lipinski definition) is 1. The Bertz CT molecular complexity index is 653. The molecule has 2 aromatic rings. The SMILES string of the molecule is CCC(Sc1ncnc2sc3c(c12)CCCC3)C(N)=O.